The summed E-state index contributed by atoms with van der Waals surface area (Å²) in [6.45, 7) is 9.13. The fourth-order valence-electron chi connectivity index (χ4n) is 4.35. The Morgan fingerprint density at radius 2 is 1.77 bits per heavy atom. The third kappa shape index (κ3) is 4.27. The number of piperazine rings is 1. The summed E-state index contributed by atoms with van der Waals surface area (Å²) in [6, 6.07) is 10.1. The lowest BCUT2D eigenvalue weighted by Gasteiger charge is -2.37. The van der Waals surface area contributed by atoms with Gasteiger partial charge in [0.15, 0.2) is 0 Å². The van der Waals surface area contributed by atoms with Crippen molar-refractivity contribution in [3.05, 3.63) is 29.8 Å². The van der Waals surface area contributed by atoms with Crippen LogP contribution in [0, 0.1) is 5.92 Å². The maximum Gasteiger partial charge on any atom is 0.127 e. The first-order chi connectivity index (χ1) is 10.7. The van der Waals surface area contributed by atoms with Gasteiger partial charge >= 0.3 is 0 Å². The highest BCUT2D eigenvalue weighted by Crippen LogP contribution is 2.21. The van der Waals surface area contributed by atoms with Gasteiger partial charge in [0.05, 0.1) is 6.04 Å². The zero-order valence-electron chi connectivity index (χ0n) is 14.2. The second kappa shape index (κ2) is 7.85. The fourth-order valence-corrected chi connectivity index (χ4v) is 4.75. The second-order valence-corrected chi connectivity index (χ2v) is 8.28. The number of rotatable bonds is 4. The molecule has 2 aliphatic rings. The van der Waals surface area contributed by atoms with Crippen LogP contribution in [0.25, 0.3) is 0 Å². The van der Waals surface area contributed by atoms with E-state index in [2.05, 4.69) is 37.4 Å². The average Bonchev–Trinajstić information content (AvgIpc) is 2.56. The molecule has 2 N–H and O–H groups in total. The number of nitrogens with one attached hydrogen (secondary N) is 2. The van der Waals surface area contributed by atoms with Gasteiger partial charge in [-0.1, -0.05) is 25.5 Å². The molecule has 0 aromatic heterocycles. The largest absolute Gasteiger partial charge is 0.323 e. The third-order valence-corrected chi connectivity index (χ3v) is 6.47. The van der Waals surface area contributed by atoms with Crippen molar-refractivity contribution in [2.45, 2.75) is 50.1 Å². The highest BCUT2D eigenvalue weighted by molar-refractivity contribution is 7.98. The number of hydrogen-bond donors (Lipinski definition) is 2. The van der Waals surface area contributed by atoms with Crippen molar-refractivity contribution in [3.63, 3.8) is 0 Å². The molecule has 1 aromatic carbocycles. The van der Waals surface area contributed by atoms with E-state index in [-0.39, 0.29) is 0 Å². The first-order valence-electron chi connectivity index (χ1n) is 9.05. The minimum atomic E-state index is 0.964. The van der Waals surface area contributed by atoms with Crippen molar-refractivity contribution in [3.8, 4) is 0 Å². The molecule has 1 aliphatic heterocycles. The summed E-state index contributed by atoms with van der Waals surface area (Å²) < 4.78 is 0. The summed E-state index contributed by atoms with van der Waals surface area (Å²) in [5.41, 5.74) is 1.50. The standard InChI is InChI=1S/C19H30N2S/c1-16-4-3-5-18(14-16)21-12-10-20(11-13-21)15-17-6-8-19(22-2)9-7-17/h6-9,16,18H,3-5,10-15H2,1-2H3/p+2/t16-,18+/m1/s1. The maximum absolute atomic E-state index is 2.45. The zero-order chi connectivity index (χ0) is 15.4. The minimum absolute atomic E-state index is 0.964. The predicted molar refractivity (Wildman–Crippen MR) is 94.7 cm³/mol. The van der Waals surface area contributed by atoms with Crippen LogP contribution in [0.3, 0.4) is 0 Å². The van der Waals surface area contributed by atoms with Gasteiger partial charge in [-0.15, -0.1) is 11.8 Å². The Morgan fingerprint density at radius 1 is 1.05 bits per heavy atom. The van der Waals surface area contributed by atoms with Gasteiger partial charge in [-0.2, -0.15) is 0 Å². The molecule has 0 spiro atoms. The van der Waals surface area contributed by atoms with E-state index in [1.807, 2.05) is 16.7 Å². The van der Waals surface area contributed by atoms with E-state index in [1.165, 1.54) is 68.9 Å². The smallest absolute Gasteiger partial charge is 0.127 e. The lowest BCUT2D eigenvalue weighted by atomic mass is 9.86. The summed E-state index contributed by atoms with van der Waals surface area (Å²) in [5, 5.41) is 0. The lowest BCUT2D eigenvalue weighted by molar-refractivity contribution is -1.03. The molecule has 122 valence electrons. The first-order valence-corrected chi connectivity index (χ1v) is 10.3. The SMILES string of the molecule is CSc1ccc(C[NH+]2CC[NH+]([C@H]3CCC[C@@H](C)C3)CC2)cc1. The molecule has 1 aromatic rings. The fraction of sp³-hybridized carbons (Fsp3) is 0.684. The van der Waals surface area contributed by atoms with E-state index in [0.717, 1.165) is 12.0 Å². The topological polar surface area (TPSA) is 8.88 Å². The van der Waals surface area contributed by atoms with E-state index < -0.39 is 0 Å². The molecule has 0 amide bonds. The van der Waals surface area contributed by atoms with Crippen LogP contribution in [0.1, 0.15) is 38.2 Å². The predicted octanol–water partition coefficient (Wildman–Crippen LogP) is 1.27. The van der Waals surface area contributed by atoms with Crippen LogP contribution in [0.15, 0.2) is 29.2 Å². The van der Waals surface area contributed by atoms with Crippen LogP contribution in [-0.2, 0) is 6.54 Å². The van der Waals surface area contributed by atoms with Crippen LogP contribution in [0.2, 0.25) is 0 Å². The van der Waals surface area contributed by atoms with Gasteiger partial charge in [-0.25, -0.2) is 0 Å². The van der Waals surface area contributed by atoms with Crippen LogP contribution < -0.4 is 9.80 Å². The van der Waals surface area contributed by atoms with Gasteiger partial charge in [0.1, 0.15) is 32.7 Å². The Balaban J connectivity index is 1.46. The van der Waals surface area contributed by atoms with Gasteiger partial charge in [0, 0.05) is 16.9 Å². The highest BCUT2D eigenvalue weighted by Gasteiger charge is 2.32. The summed E-state index contributed by atoms with van der Waals surface area (Å²) in [6.07, 6.45) is 8.03. The summed E-state index contributed by atoms with van der Waals surface area (Å²) in [5.74, 6) is 0.964. The van der Waals surface area contributed by atoms with Gasteiger partial charge in [0.2, 0.25) is 0 Å². The van der Waals surface area contributed by atoms with E-state index in [4.69, 9.17) is 0 Å². The number of quaternary nitrogens is 2. The zero-order valence-corrected chi connectivity index (χ0v) is 15.1. The van der Waals surface area contributed by atoms with E-state index >= 15 is 0 Å². The molecule has 3 heteroatoms. The Hall–Kier alpha value is -0.510. The number of thioether (sulfide) groups is 1. The number of hydrogen-bond acceptors (Lipinski definition) is 1. The van der Waals surface area contributed by atoms with E-state index in [9.17, 15) is 0 Å². The molecule has 3 rings (SSSR count). The van der Waals surface area contributed by atoms with E-state index in [1.54, 1.807) is 4.90 Å². The quantitative estimate of drug-likeness (QED) is 0.794. The molecule has 1 saturated carbocycles. The lowest BCUT2D eigenvalue weighted by Crippen LogP contribution is -3.29. The summed E-state index contributed by atoms with van der Waals surface area (Å²) >= 11 is 1.83. The first kappa shape index (κ1) is 16.4. The molecular formula is C19H32N2S+2. The van der Waals surface area contributed by atoms with Gasteiger partial charge in [-0.3, -0.25) is 0 Å². The normalized spacial score (nSPS) is 32.8. The van der Waals surface area contributed by atoms with Crippen molar-refractivity contribution in [2.75, 3.05) is 32.4 Å². The molecule has 2 fully saturated rings. The van der Waals surface area contributed by atoms with Crippen molar-refractivity contribution in [1.82, 2.24) is 0 Å². The molecule has 1 heterocycles. The molecule has 1 saturated heterocycles. The maximum atomic E-state index is 2.45. The molecule has 0 bridgehead atoms. The second-order valence-electron chi connectivity index (χ2n) is 7.40. The molecule has 2 nitrogen and oxygen atoms in total. The van der Waals surface area contributed by atoms with Crippen LogP contribution in [0.4, 0.5) is 0 Å². The summed E-state index contributed by atoms with van der Waals surface area (Å²) in [7, 11) is 0. The van der Waals surface area contributed by atoms with Crippen LogP contribution in [-0.4, -0.2) is 38.5 Å². The Bertz CT molecular complexity index is 451. The van der Waals surface area contributed by atoms with E-state index in [0.29, 0.717) is 0 Å². The van der Waals surface area contributed by atoms with Gasteiger partial charge in [0.25, 0.3) is 0 Å². The van der Waals surface area contributed by atoms with Gasteiger partial charge in [-0.05, 0) is 37.1 Å². The Labute approximate surface area is 140 Å². The summed E-state index contributed by atoms with van der Waals surface area (Å²) in [4.78, 5) is 5.07. The van der Waals surface area contributed by atoms with Crippen LogP contribution >= 0.6 is 11.8 Å². The monoisotopic (exact) mass is 320 g/mol. The molecule has 1 aliphatic carbocycles. The molecule has 0 radical (unpaired) electrons. The average molecular weight is 321 g/mol. The Morgan fingerprint density at radius 3 is 2.41 bits per heavy atom. The Kier molecular flexibility index (Phi) is 5.83. The van der Waals surface area contributed by atoms with Crippen LogP contribution in [0.5, 0.6) is 0 Å². The van der Waals surface area contributed by atoms with Gasteiger partial charge < -0.3 is 9.80 Å². The van der Waals surface area contributed by atoms with Crippen molar-refractivity contribution in [1.29, 1.82) is 0 Å². The molecule has 0 unspecified atom stereocenters. The highest BCUT2D eigenvalue weighted by atomic mass is 32.2. The third-order valence-electron chi connectivity index (χ3n) is 5.73. The molecular weight excluding hydrogens is 288 g/mol. The molecule has 2 atom stereocenters. The van der Waals surface area contributed by atoms with Crippen molar-refractivity contribution >= 4 is 11.8 Å². The number of benzene rings is 1. The van der Waals surface area contributed by atoms with Crippen molar-refractivity contribution in [2.24, 2.45) is 5.92 Å². The minimum Gasteiger partial charge on any atom is -0.323 e. The van der Waals surface area contributed by atoms with Crippen molar-refractivity contribution < 1.29 is 9.80 Å². The molecule has 22 heavy (non-hydrogen) atoms.